The zero-order valence-electron chi connectivity index (χ0n) is 14.8. The molecule has 0 aliphatic carbocycles. The lowest BCUT2D eigenvalue weighted by Gasteiger charge is -2.05. The van der Waals surface area contributed by atoms with Crippen LogP contribution >= 0.6 is 22.9 Å². The first kappa shape index (κ1) is 22.7. The number of aromatic nitrogens is 2. The zero-order valence-corrected chi connectivity index (χ0v) is 18.0. The number of rotatable bonds is 10. The molecule has 0 aliphatic heterocycles. The highest BCUT2D eigenvalue weighted by molar-refractivity contribution is 7.93. The van der Waals surface area contributed by atoms with Crippen molar-refractivity contribution in [2.24, 2.45) is 5.73 Å². The molecule has 1 heterocycles. The number of benzene rings is 1. The molecule has 1 aromatic carbocycles. The lowest BCUT2D eigenvalue weighted by molar-refractivity contribution is 0.325. The largest absolute Gasteiger partial charge is 0.326 e. The molecule has 1 aromatic heterocycles. The minimum atomic E-state index is -3.69. The second-order valence-electron chi connectivity index (χ2n) is 5.57. The molecule has 3 N–H and O–H groups in total. The normalized spacial score (nSPS) is 12.5. The lowest BCUT2D eigenvalue weighted by atomic mass is 10.1. The van der Waals surface area contributed by atoms with Gasteiger partial charge in [0.25, 0.3) is 10.1 Å². The van der Waals surface area contributed by atoms with Crippen LogP contribution in [0.3, 0.4) is 0 Å². The van der Waals surface area contributed by atoms with Crippen LogP contribution in [0.15, 0.2) is 24.3 Å². The van der Waals surface area contributed by atoms with E-state index in [1.54, 1.807) is 24.3 Å². The minimum Gasteiger partial charge on any atom is -0.326 e. The van der Waals surface area contributed by atoms with Gasteiger partial charge in [-0.25, -0.2) is 8.42 Å². The molecule has 0 amide bonds. The van der Waals surface area contributed by atoms with Crippen molar-refractivity contribution < 1.29 is 21.0 Å². The predicted molar refractivity (Wildman–Crippen MR) is 110 cm³/mol. The third-order valence-electron chi connectivity index (χ3n) is 3.30. The van der Waals surface area contributed by atoms with E-state index in [1.165, 1.54) is 6.08 Å². The maximum Gasteiger partial charge on any atom is 0.264 e. The summed E-state index contributed by atoms with van der Waals surface area (Å²) in [4.78, 5) is 0. The summed E-state index contributed by atoms with van der Waals surface area (Å²) in [5.74, 6) is -0.282. The molecule has 0 saturated heterocycles. The maximum atomic E-state index is 12.2. The summed E-state index contributed by atoms with van der Waals surface area (Å²) in [6, 6.07) is 5.26. The van der Waals surface area contributed by atoms with Crippen molar-refractivity contribution in [2.45, 2.75) is 13.0 Å². The first-order valence-corrected chi connectivity index (χ1v) is 12.6. The molecule has 154 valence electrons. The highest BCUT2D eigenvalue weighted by Gasteiger charge is 2.13. The summed E-state index contributed by atoms with van der Waals surface area (Å²) < 4.78 is 53.1. The Balaban J connectivity index is 1.95. The Bertz CT molecular complexity index is 1050. The molecular weight excluding hydrogens is 448 g/mol. The molecule has 0 fully saturated rings. The van der Waals surface area contributed by atoms with E-state index >= 15 is 0 Å². The van der Waals surface area contributed by atoms with Gasteiger partial charge < -0.3 is 5.73 Å². The number of nitrogens with one attached hydrogen (secondary N) is 1. The number of nitrogens with zero attached hydrogens (tertiary/aromatic N) is 2. The Hall–Kier alpha value is -1.57. The van der Waals surface area contributed by atoms with Crippen LogP contribution in [0.4, 0.5) is 5.13 Å². The van der Waals surface area contributed by atoms with Crippen LogP contribution in [0.1, 0.15) is 16.1 Å². The van der Waals surface area contributed by atoms with Gasteiger partial charge >= 0.3 is 0 Å². The van der Waals surface area contributed by atoms with Crippen LogP contribution < -0.4 is 10.5 Å². The van der Waals surface area contributed by atoms with Crippen molar-refractivity contribution in [1.29, 1.82) is 0 Å². The fourth-order valence-electron chi connectivity index (χ4n) is 2.10. The Kier molecular flexibility index (Phi) is 7.92. The smallest absolute Gasteiger partial charge is 0.264 e. The van der Waals surface area contributed by atoms with Crippen molar-refractivity contribution in [2.75, 3.05) is 23.3 Å². The summed E-state index contributed by atoms with van der Waals surface area (Å²) in [7, 11) is -7.22. The summed E-state index contributed by atoms with van der Waals surface area (Å²) in [6.07, 6.45) is 4.26. The number of nitrogens with two attached hydrogens (primary N) is 1. The molecule has 0 aliphatic rings. The van der Waals surface area contributed by atoms with Gasteiger partial charge in [-0.2, -0.15) is 8.42 Å². The maximum absolute atomic E-state index is 12.2. The van der Waals surface area contributed by atoms with Gasteiger partial charge in [0, 0.05) is 18.0 Å². The van der Waals surface area contributed by atoms with Gasteiger partial charge in [-0.3, -0.25) is 8.91 Å². The van der Waals surface area contributed by atoms with Gasteiger partial charge in [-0.15, -0.1) is 10.2 Å². The van der Waals surface area contributed by atoms with Crippen molar-refractivity contribution >= 4 is 54.3 Å². The van der Waals surface area contributed by atoms with Crippen LogP contribution in [-0.2, 0) is 37.3 Å². The van der Waals surface area contributed by atoms with Crippen molar-refractivity contribution in [3.8, 4) is 0 Å². The van der Waals surface area contributed by atoms with Gasteiger partial charge in [0.15, 0.2) is 0 Å². The summed E-state index contributed by atoms with van der Waals surface area (Å²) >= 11 is 7.07. The third-order valence-corrected chi connectivity index (χ3v) is 6.41. The highest BCUT2D eigenvalue weighted by atomic mass is 35.5. The van der Waals surface area contributed by atoms with E-state index in [0.29, 0.717) is 10.0 Å². The number of sulfonamides is 1. The van der Waals surface area contributed by atoms with Crippen LogP contribution in [0.2, 0.25) is 5.02 Å². The van der Waals surface area contributed by atoms with Gasteiger partial charge in [0.05, 0.1) is 18.6 Å². The number of hydrogen-bond acceptors (Lipinski definition) is 9. The van der Waals surface area contributed by atoms with E-state index in [4.69, 9.17) is 17.3 Å². The predicted octanol–water partition coefficient (Wildman–Crippen LogP) is 1.62. The fourth-order valence-corrected chi connectivity index (χ4v) is 4.60. The number of halogens is 1. The Morgan fingerprint density at radius 1 is 1.29 bits per heavy atom. The number of anilines is 1. The van der Waals surface area contributed by atoms with Crippen molar-refractivity contribution in [3.05, 3.63) is 45.4 Å². The number of hydrogen-bond donors (Lipinski definition) is 2. The summed E-state index contributed by atoms with van der Waals surface area (Å²) in [5.41, 5.74) is 7.14. The van der Waals surface area contributed by atoms with Crippen LogP contribution in [0, 0.1) is 0 Å². The van der Waals surface area contributed by atoms with Crippen LogP contribution in [-0.4, -0.2) is 45.6 Å². The van der Waals surface area contributed by atoms with Crippen molar-refractivity contribution in [1.82, 2.24) is 10.2 Å². The second kappa shape index (κ2) is 9.76. The molecule has 2 aromatic rings. The minimum absolute atomic E-state index is 0.0909. The Morgan fingerprint density at radius 3 is 2.71 bits per heavy atom. The third kappa shape index (κ3) is 7.45. The Labute approximate surface area is 172 Å². The lowest BCUT2D eigenvalue weighted by Crippen LogP contribution is -2.15. The monoisotopic (exact) mass is 466 g/mol. The Morgan fingerprint density at radius 2 is 2.04 bits per heavy atom. The summed E-state index contributed by atoms with van der Waals surface area (Å²) in [5, 5.41) is 8.60. The molecule has 0 saturated carbocycles. The van der Waals surface area contributed by atoms with Gasteiger partial charge in [-0.1, -0.05) is 47.2 Å². The van der Waals surface area contributed by atoms with E-state index in [2.05, 4.69) is 19.1 Å². The van der Waals surface area contributed by atoms with Crippen LogP contribution in [0.5, 0.6) is 0 Å². The zero-order chi connectivity index (χ0) is 20.8. The molecule has 0 radical (unpaired) electrons. The van der Waals surface area contributed by atoms with Gasteiger partial charge in [0.2, 0.25) is 15.2 Å². The van der Waals surface area contributed by atoms with E-state index in [9.17, 15) is 16.8 Å². The quantitative estimate of drug-likeness (QED) is 0.503. The molecular formula is C15H19ClN4O5S3. The molecule has 13 heteroatoms. The molecule has 2 rings (SSSR count). The average Bonchev–Trinajstić information content (AvgIpc) is 3.00. The van der Waals surface area contributed by atoms with E-state index in [-0.39, 0.29) is 30.5 Å². The topological polar surface area (TPSA) is 141 Å². The molecule has 0 spiro atoms. The summed E-state index contributed by atoms with van der Waals surface area (Å²) in [6.45, 7) is 0.146. The molecule has 0 bridgehead atoms. The van der Waals surface area contributed by atoms with E-state index < -0.39 is 20.1 Å². The van der Waals surface area contributed by atoms with Gasteiger partial charge in [0.1, 0.15) is 5.01 Å². The van der Waals surface area contributed by atoms with Crippen LogP contribution in [0.25, 0.3) is 6.08 Å². The second-order valence-corrected chi connectivity index (χ2v) is 10.5. The first-order valence-electron chi connectivity index (χ1n) is 7.91. The SMILES string of the molecule is CS(=O)(=O)OCCc1nnc(NS(=O)(=O)CC=Cc2cccc(Cl)c2CN)s1. The highest BCUT2D eigenvalue weighted by Crippen LogP contribution is 2.21. The first-order chi connectivity index (χ1) is 13.1. The van der Waals surface area contributed by atoms with Crippen molar-refractivity contribution in [3.63, 3.8) is 0 Å². The molecule has 9 nitrogen and oxygen atoms in total. The van der Waals surface area contributed by atoms with Gasteiger partial charge in [-0.05, 0) is 17.2 Å². The standard InChI is InChI=1S/C15H19ClN4O5S3/c1-27(21,22)25-8-7-14-18-19-15(26-14)20-28(23,24)9-3-5-11-4-2-6-13(16)12(11)10-17/h2-6H,7-10,17H2,1H3,(H,19,20). The van der Waals surface area contributed by atoms with E-state index in [1.807, 2.05) is 0 Å². The van der Waals surface area contributed by atoms with E-state index in [0.717, 1.165) is 28.7 Å². The molecule has 28 heavy (non-hydrogen) atoms. The average molecular weight is 467 g/mol. The fraction of sp³-hybridized carbons (Fsp3) is 0.333. The molecule has 0 unspecified atom stereocenters. The molecule has 0 atom stereocenters.